The first kappa shape index (κ1) is 26.1. The van der Waals surface area contributed by atoms with Gasteiger partial charge in [0.2, 0.25) is 0 Å². The van der Waals surface area contributed by atoms with Crippen molar-refractivity contribution in [1.82, 2.24) is 10.7 Å². The third-order valence-electron chi connectivity index (χ3n) is 1.76. The number of aliphatic imine (C=N–C) groups is 1. The van der Waals surface area contributed by atoms with Crippen molar-refractivity contribution < 1.29 is 17.1 Å². The van der Waals surface area contributed by atoms with Gasteiger partial charge in [-0.2, -0.15) is 15.3 Å². The maximum Gasteiger partial charge on any atom is 2.00 e. The molecule has 0 spiro atoms. The molecule has 0 rings (SSSR count). The summed E-state index contributed by atoms with van der Waals surface area (Å²) in [6.07, 6.45) is 1.25. The monoisotopic (exact) mass is 394 g/mol. The van der Waals surface area contributed by atoms with Gasteiger partial charge in [-0.3, -0.25) is 10.4 Å². The van der Waals surface area contributed by atoms with E-state index >= 15 is 0 Å². The van der Waals surface area contributed by atoms with Gasteiger partial charge >= 0.3 is 17.1 Å². The summed E-state index contributed by atoms with van der Waals surface area (Å²) in [6.45, 7) is 8.84. The molecule has 0 amide bonds. The summed E-state index contributed by atoms with van der Waals surface area (Å²) in [7, 11) is 1.58. The molecule has 0 aromatic heterocycles. The van der Waals surface area contributed by atoms with Gasteiger partial charge in [-0.15, -0.1) is 0 Å². The molecular weight excluding hydrogens is 370 g/mol. The van der Waals surface area contributed by atoms with Crippen LogP contribution in [0.4, 0.5) is 0 Å². The van der Waals surface area contributed by atoms with E-state index in [0.29, 0.717) is 34.8 Å². The SMILES string of the molecule is CCC.CN=C([S-])N/N=C(C)/C(C)=N/N=C(\[S-])NCCN.[Cu+2]. The molecule has 4 N–H and O–H groups in total. The van der Waals surface area contributed by atoms with E-state index in [1.54, 1.807) is 20.9 Å². The van der Waals surface area contributed by atoms with Crippen LogP contribution in [-0.4, -0.2) is 41.9 Å². The summed E-state index contributed by atoms with van der Waals surface area (Å²) in [6, 6.07) is 0. The summed E-state index contributed by atoms with van der Waals surface area (Å²) in [4.78, 5) is 3.74. The van der Waals surface area contributed by atoms with E-state index in [0.717, 1.165) is 0 Å². The molecule has 0 fully saturated rings. The minimum absolute atomic E-state index is 0. The second-order valence-corrected chi connectivity index (χ2v) is 4.62. The number of nitrogens with one attached hydrogen (secondary N) is 2. The van der Waals surface area contributed by atoms with Gasteiger partial charge in [0, 0.05) is 20.1 Å². The molecule has 0 unspecified atom stereocenters. The summed E-state index contributed by atoms with van der Waals surface area (Å²) in [5.74, 6) is 0. The Hall–Kier alpha value is -0.801. The minimum Gasteiger partial charge on any atom is -0.741 e. The second-order valence-electron chi connectivity index (χ2n) is 3.85. The first-order valence-electron chi connectivity index (χ1n) is 6.60. The number of hydrogen-bond acceptors (Lipinski definition) is 7. The molecule has 0 aromatic carbocycles. The van der Waals surface area contributed by atoms with Crippen molar-refractivity contribution in [1.29, 1.82) is 0 Å². The van der Waals surface area contributed by atoms with Crippen LogP contribution in [0.3, 0.4) is 0 Å². The second kappa shape index (κ2) is 18.2. The molecule has 10 heteroatoms. The van der Waals surface area contributed by atoms with Crippen LogP contribution in [0.25, 0.3) is 0 Å². The molecule has 0 aliphatic carbocycles. The quantitative estimate of drug-likeness (QED) is 0.210. The topological polar surface area (TPSA) is 99.5 Å². The minimum atomic E-state index is 0. The van der Waals surface area contributed by atoms with Crippen LogP contribution in [0.2, 0.25) is 0 Å². The van der Waals surface area contributed by atoms with Crippen LogP contribution >= 0.6 is 0 Å². The number of rotatable bonds is 5. The fraction of sp³-hybridized carbons (Fsp3) is 0.667. The molecule has 0 aromatic rings. The van der Waals surface area contributed by atoms with Crippen LogP contribution in [0.15, 0.2) is 20.3 Å². The molecule has 0 aliphatic heterocycles. The summed E-state index contributed by atoms with van der Waals surface area (Å²) < 4.78 is 0. The van der Waals surface area contributed by atoms with Crippen LogP contribution < -0.4 is 16.5 Å². The zero-order valence-corrected chi connectivity index (χ0v) is 16.2. The van der Waals surface area contributed by atoms with Crippen molar-refractivity contribution in [3.05, 3.63) is 0 Å². The summed E-state index contributed by atoms with van der Waals surface area (Å²) in [5, 5.41) is 15.2. The van der Waals surface area contributed by atoms with Gasteiger partial charge in [0.05, 0.1) is 11.4 Å². The van der Waals surface area contributed by atoms with E-state index in [4.69, 9.17) is 31.0 Å². The fourth-order valence-electron chi connectivity index (χ4n) is 0.670. The molecule has 22 heavy (non-hydrogen) atoms. The Morgan fingerprint density at radius 1 is 1.05 bits per heavy atom. The van der Waals surface area contributed by atoms with Crippen molar-refractivity contribution in [3.63, 3.8) is 0 Å². The summed E-state index contributed by atoms with van der Waals surface area (Å²) in [5.41, 5.74) is 9.18. The molecule has 0 atom stereocenters. The fourth-order valence-corrected chi connectivity index (χ4v) is 0.858. The number of amidine groups is 2. The van der Waals surface area contributed by atoms with Gasteiger partial charge in [0.15, 0.2) is 0 Å². The normalized spacial score (nSPS) is 12.8. The van der Waals surface area contributed by atoms with Gasteiger partial charge in [-0.25, -0.2) is 0 Å². The smallest absolute Gasteiger partial charge is 0.741 e. The Balaban J connectivity index is -0.000000827. The first-order valence-corrected chi connectivity index (χ1v) is 7.42. The van der Waals surface area contributed by atoms with Crippen molar-refractivity contribution in [2.75, 3.05) is 20.1 Å². The molecule has 0 aliphatic rings. The Labute approximate surface area is 155 Å². The molecule has 1 radical (unpaired) electrons. The van der Waals surface area contributed by atoms with Gasteiger partial charge in [-0.05, 0) is 24.2 Å². The average molecular weight is 395 g/mol. The van der Waals surface area contributed by atoms with E-state index in [9.17, 15) is 0 Å². The van der Waals surface area contributed by atoms with Gasteiger partial charge in [0.1, 0.15) is 0 Å². The molecule has 131 valence electrons. The zero-order valence-electron chi connectivity index (χ0n) is 13.6. The Bertz CT molecular complexity index is 395. The van der Waals surface area contributed by atoms with Crippen molar-refractivity contribution in [3.8, 4) is 0 Å². The van der Waals surface area contributed by atoms with Crippen LogP contribution in [0.5, 0.6) is 0 Å². The van der Waals surface area contributed by atoms with Crippen LogP contribution in [0, 0.1) is 0 Å². The number of hydrogen-bond donors (Lipinski definition) is 3. The maximum absolute atomic E-state index is 5.31. The van der Waals surface area contributed by atoms with Crippen molar-refractivity contribution >= 4 is 47.0 Å². The van der Waals surface area contributed by atoms with E-state index in [1.165, 1.54) is 6.42 Å². The van der Waals surface area contributed by atoms with E-state index in [-0.39, 0.29) is 17.1 Å². The van der Waals surface area contributed by atoms with Crippen LogP contribution in [-0.2, 0) is 42.3 Å². The van der Waals surface area contributed by atoms with Gasteiger partial charge < -0.3 is 36.3 Å². The number of hydrazone groups is 1. The molecular formula is C12H25CuN7S2. The van der Waals surface area contributed by atoms with Gasteiger partial charge in [-0.1, -0.05) is 20.3 Å². The number of nitrogens with two attached hydrogens (primary N) is 1. The standard InChI is InChI=1S/C9H19N7S2.C3H8.Cu/c1-6(13-15-8(17)11-3)7(2)14-16-9(18)12-5-4-10;1-3-2;/h4-5,10H2,1-3H3,(H2,11,15,17)(H2,12,16,18);3H2,1-2H3;/q;;+2/p-2/b13-6+,14-7+;;. The molecule has 0 heterocycles. The molecule has 0 saturated heterocycles. The predicted octanol–water partition coefficient (Wildman–Crippen LogP) is 0.726. The summed E-state index contributed by atoms with van der Waals surface area (Å²) >= 11 is 9.74. The van der Waals surface area contributed by atoms with E-state index in [2.05, 4.69) is 44.9 Å². The maximum atomic E-state index is 5.31. The third kappa shape index (κ3) is 17.3. The Morgan fingerprint density at radius 2 is 1.59 bits per heavy atom. The van der Waals surface area contributed by atoms with E-state index in [1.807, 2.05) is 0 Å². The van der Waals surface area contributed by atoms with E-state index < -0.39 is 0 Å². The zero-order chi connectivity index (χ0) is 16.7. The average Bonchev–Trinajstić information content (AvgIpc) is 2.48. The Morgan fingerprint density at radius 3 is 2.05 bits per heavy atom. The Kier molecular flexibility index (Phi) is 21.7. The predicted molar refractivity (Wildman–Crippen MR) is 97.9 cm³/mol. The first-order chi connectivity index (χ1) is 9.92. The van der Waals surface area contributed by atoms with Crippen molar-refractivity contribution in [2.24, 2.45) is 26.0 Å². The third-order valence-corrected chi connectivity index (χ3v) is 2.26. The van der Waals surface area contributed by atoms with Gasteiger partial charge in [0.25, 0.3) is 0 Å². The molecule has 7 nitrogen and oxygen atoms in total. The van der Waals surface area contributed by atoms with Crippen LogP contribution in [0.1, 0.15) is 34.1 Å². The molecule has 0 saturated carbocycles. The van der Waals surface area contributed by atoms with Crippen molar-refractivity contribution in [2.45, 2.75) is 34.1 Å². The molecule has 0 bridgehead atoms. The number of nitrogens with zero attached hydrogens (tertiary/aromatic N) is 4. The largest absolute Gasteiger partial charge is 2.00 e.